The van der Waals surface area contributed by atoms with E-state index in [0.717, 1.165) is 29.8 Å². The highest BCUT2D eigenvalue weighted by Gasteiger charge is 2.27. The number of carbonyl (C=O) groups is 2. The maximum Gasteiger partial charge on any atom is 0.339 e. The normalized spacial score (nSPS) is 14.8. The number of nitrogens with one attached hydrogen (secondary N) is 1. The number of pyridine rings is 2. The lowest BCUT2D eigenvalue weighted by atomic mass is 10.0. The average molecular weight is 408 g/mol. The van der Waals surface area contributed by atoms with Crippen molar-refractivity contribution in [3.05, 3.63) is 42.0 Å². The number of carbonyl (C=O) groups excluding carboxylic acids is 1. The third-order valence-electron chi connectivity index (χ3n) is 5.46. The molecule has 0 radical (unpaired) electrons. The van der Waals surface area contributed by atoms with Crippen LogP contribution in [-0.4, -0.2) is 49.6 Å². The van der Waals surface area contributed by atoms with Gasteiger partial charge in [0.05, 0.1) is 11.9 Å². The molecule has 9 nitrogen and oxygen atoms in total. The summed E-state index contributed by atoms with van der Waals surface area (Å²) in [5.74, 6) is 0.120. The fraction of sp³-hybridized carbons (Fsp3) is 0.381. The van der Waals surface area contributed by atoms with Crippen LogP contribution in [0.25, 0.3) is 11.2 Å². The number of aromatic nitrogens is 4. The number of carboxylic acids is 1. The summed E-state index contributed by atoms with van der Waals surface area (Å²) in [6.07, 6.45) is 5.26. The molecule has 3 aromatic rings. The van der Waals surface area contributed by atoms with Crippen molar-refractivity contribution < 1.29 is 14.7 Å². The minimum atomic E-state index is -1.06. The van der Waals surface area contributed by atoms with Gasteiger partial charge in [0.15, 0.2) is 5.65 Å². The van der Waals surface area contributed by atoms with Gasteiger partial charge in [-0.15, -0.1) is 0 Å². The van der Waals surface area contributed by atoms with Crippen LogP contribution in [0.1, 0.15) is 48.4 Å². The molecule has 1 saturated heterocycles. The largest absolute Gasteiger partial charge is 0.478 e. The van der Waals surface area contributed by atoms with Gasteiger partial charge in [0.1, 0.15) is 22.7 Å². The standard InChI is InChI=1S/C21H24N6O3/c1-3-18(28)25-14-11-16(21(29)30)19(23-12-14)26-9-6-15(7-10-26)27-13(2)24-17-5-4-8-22-20(17)27/h4-5,8,11-12,15H,3,6-7,9-10H2,1-2H3,(H,25,28)(H,29,30). The minimum Gasteiger partial charge on any atom is -0.478 e. The molecule has 1 aliphatic rings. The van der Waals surface area contributed by atoms with E-state index in [-0.39, 0.29) is 17.5 Å². The fourth-order valence-electron chi connectivity index (χ4n) is 4.00. The molecule has 0 aromatic carbocycles. The molecular formula is C21H24N6O3. The number of hydrogen-bond donors (Lipinski definition) is 2. The molecule has 156 valence electrons. The van der Waals surface area contributed by atoms with Gasteiger partial charge in [-0.05, 0) is 38.0 Å². The van der Waals surface area contributed by atoms with Crippen LogP contribution in [0.5, 0.6) is 0 Å². The molecule has 3 aromatic heterocycles. The van der Waals surface area contributed by atoms with Gasteiger partial charge < -0.3 is 19.9 Å². The Morgan fingerprint density at radius 1 is 1.27 bits per heavy atom. The van der Waals surface area contributed by atoms with Crippen LogP contribution in [0, 0.1) is 6.92 Å². The Labute approximate surface area is 173 Å². The second-order valence-corrected chi connectivity index (χ2v) is 7.40. The number of imidazole rings is 1. The van der Waals surface area contributed by atoms with E-state index in [2.05, 4.69) is 24.8 Å². The van der Waals surface area contributed by atoms with Crippen LogP contribution < -0.4 is 10.2 Å². The van der Waals surface area contributed by atoms with E-state index in [1.54, 1.807) is 13.1 Å². The van der Waals surface area contributed by atoms with Crippen molar-refractivity contribution in [2.45, 2.75) is 39.2 Å². The summed E-state index contributed by atoms with van der Waals surface area (Å²) in [7, 11) is 0. The molecule has 1 fully saturated rings. The van der Waals surface area contributed by atoms with E-state index >= 15 is 0 Å². The van der Waals surface area contributed by atoms with E-state index in [1.165, 1.54) is 12.3 Å². The molecular weight excluding hydrogens is 384 g/mol. The summed E-state index contributed by atoms with van der Waals surface area (Å²) >= 11 is 0. The summed E-state index contributed by atoms with van der Waals surface area (Å²) in [5.41, 5.74) is 2.25. The van der Waals surface area contributed by atoms with E-state index in [4.69, 9.17) is 0 Å². The van der Waals surface area contributed by atoms with Gasteiger partial charge in [0.2, 0.25) is 5.91 Å². The van der Waals surface area contributed by atoms with Crippen molar-refractivity contribution in [2.24, 2.45) is 0 Å². The van der Waals surface area contributed by atoms with Crippen molar-refractivity contribution in [1.29, 1.82) is 0 Å². The van der Waals surface area contributed by atoms with Crippen molar-refractivity contribution in [3.8, 4) is 0 Å². The zero-order chi connectivity index (χ0) is 21.3. The number of carboxylic acid groups (broad SMARTS) is 1. The Morgan fingerprint density at radius 3 is 2.73 bits per heavy atom. The molecule has 30 heavy (non-hydrogen) atoms. The Morgan fingerprint density at radius 2 is 2.03 bits per heavy atom. The molecule has 1 aliphatic heterocycles. The predicted molar refractivity (Wildman–Crippen MR) is 113 cm³/mol. The first-order valence-electron chi connectivity index (χ1n) is 10.1. The van der Waals surface area contributed by atoms with Gasteiger partial charge in [-0.2, -0.15) is 0 Å². The summed E-state index contributed by atoms with van der Waals surface area (Å²) in [6, 6.07) is 5.57. The molecule has 0 unspecified atom stereocenters. The van der Waals surface area contributed by atoms with Crippen LogP contribution in [0.4, 0.5) is 11.5 Å². The fourth-order valence-corrected chi connectivity index (χ4v) is 4.00. The molecule has 4 heterocycles. The van der Waals surface area contributed by atoms with Gasteiger partial charge in [-0.1, -0.05) is 6.92 Å². The number of piperidine rings is 1. The number of rotatable bonds is 5. The highest BCUT2D eigenvalue weighted by Crippen LogP contribution is 2.31. The number of aromatic carboxylic acids is 1. The Bertz CT molecular complexity index is 1100. The third kappa shape index (κ3) is 3.70. The van der Waals surface area contributed by atoms with E-state index in [9.17, 15) is 14.7 Å². The number of amides is 1. The predicted octanol–water partition coefficient (Wildman–Crippen LogP) is 3.02. The first-order chi connectivity index (χ1) is 14.5. The molecule has 0 spiro atoms. The van der Waals surface area contributed by atoms with Crippen molar-refractivity contribution in [3.63, 3.8) is 0 Å². The molecule has 0 saturated carbocycles. The van der Waals surface area contributed by atoms with Gasteiger partial charge in [-0.3, -0.25) is 4.79 Å². The van der Waals surface area contributed by atoms with Crippen molar-refractivity contribution in [1.82, 2.24) is 19.5 Å². The maximum atomic E-state index is 11.8. The first kappa shape index (κ1) is 19.8. The molecule has 9 heteroatoms. The summed E-state index contributed by atoms with van der Waals surface area (Å²) in [5, 5.41) is 12.3. The molecule has 1 amide bonds. The molecule has 0 bridgehead atoms. The monoisotopic (exact) mass is 408 g/mol. The molecule has 2 N–H and O–H groups in total. The summed E-state index contributed by atoms with van der Waals surface area (Å²) < 4.78 is 2.18. The molecule has 0 aliphatic carbocycles. The van der Waals surface area contributed by atoms with Gasteiger partial charge in [-0.25, -0.2) is 19.7 Å². The lowest BCUT2D eigenvalue weighted by molar-refractivity contribution is -0.115. The highest BCUT2D eigenvalue weighted by molar-refractivity contribution is 5.97. The number of hydrogen-bond acceptors (Lipinski definition) is 6. The quantitative estimate of drug-likeness (QED) is 0.667. The smallest absolute Gasteiger partial charge is 0.339 e. The van der Waals surface area contributed by atoms with Crippen LogP contribution in [-0.2, 0) is 4.79 Å². The second kappa shape index (κ2) is 8.10. The summed E-state index contributed by atoms with van der Waals surface area (Å²) in [4.78, 5) is 38.9. The van der Waals surface area contributed by atoms with E-state index in [1.807, 2.05) is 24.0 Å². The topological polar surface area (TPSA) is 113 Å². The maximum absolute atomic E-state index is 11.8. The summed E-state index contributed by atoms with van der Waals surface area (Å²) in [6.45, 7) is 5.07. The van der Waals surface area contributed by atoms with E-state index in [0.29, 0.717) is 31.0 Å². The minimum absolute atomic E-state index is 0.0910. The average Bonchev–Trinajstić information content (AvgIpc) is 3.09. The van der Waals surface area contributed by atoms with Crippen LogP contribution >= 0.6 is 0 Å². The van der Waals surface area contributed by atoms with Crippen LogP contribution in [0.15, 0.2) is 30.6 Å². The third-order valence-corrected chi connectivity index (χ3v) is 5.46. The number of anilines is 2. The van der Waals surface area contributed by atoms with Gasteiger partial charge in [0, 0.05) is 31.7 Å². The zero-order valence-electron chi connectivity index (χ0n) is 17.0. The zero-order valence-corrected chi connectivity index (χ0v) is 17.0. The Kier molecular flexibility index (Phi) is 5.35. The van der Waals surface area contributed by atoms with Crippen LogP contribution in [0.2, 0.25) is 0 Å². The van der Waals surface area contributed by atoms with Gasteiger partial charge in [0.25, 0.3) is 0 Å². The lowest BCUT2D eigenvalue weighted by Gasteiger charge is -2.34. The lowest BCUT2D eigenvalue weighted by Crippen LogP contribution is -2.36. The Balaban J connectivity index is 1.54. The van der Waals surface area contributed by atoms with E-state index < -0.39 is 5.97 Å². The van der Waals surface area contributed by atoms with Crippen molar-refractivity contribution >= 4 is 34.5 Å². The van der Waals surface area contributed by atoms with Crippen molar-refractivity contribution in [2.75, 3.05) is 23.3 Å². The highest BCUT2D eigenvalue weighted by atomic mass is 16.4. The van der Waals surface area contributed by atoms with Crippen LogP contribution in [0.3, 0.4) is 0 Å². The Hall–Kier alpha value is -3.49. The van der Waals surface area contributed by atoms with Gasteiger partial charge >= 0.3 is 5.97 Å². The second-order valence-electron chi connectivity index (χ2n) is 7.40. The number of aryl methyl sites for hydroxylation is 1. The SMILES string of the molecule is CCC(=O)Nc1cnc(N2CCC(n3c(C)nc4cccnc43)CC2)c(C(=O)O)c1. The molecule has 0 atom stereocenters. The molecule has 4 rings (SSSR count). The first-order valence-corrected chi connectivity index (χ1v) is 10.1. The number of nitrogens with zero attached hydrogens (tertiary/aromatic N) is 5. The number of fused-ring (bicyclic) bond motifs is 1.